The number of nitrogens with zero attached hydrogens (tertiary/aromatic N) is 4. The summed E-state index contributed by atoms with van der Waals surface area (Å²) in [5.41, 5.74) is 0. The summed E-state index contributed by atoms with van der Waals surface area (Å²) in [6.45, 7) is 0.962. The molecule has 92 heavy (non-hydrogen) atoms. The van der Waals surface area contributed by atoms with Crippen molar-refractivity contribution in [2.24, 2.45) is 23.7 Å². The molecule has 2 heterocycles. The molecular formula is C75H90F4IN4O6S2+. The van der Waals surface area contributed by atoms with E-state index in [1.165, 1.54) is 128 Å². The molecule has 4 aliphatic rings. The highest BCUT2D eigenvalue weighted by molar-refractivity contribution is 7.97. The van der Waals surface area contributed by atoms with E-state index >= 15 is 0 Å². The van der Waals surface area contributed by atoms with E-state index < -0.39 is 23.8 Å². The van der Waals surface area contributed by atoms with Gasteiger partial charge in [0.25, 0.3) is 0 Å². The van der Waals surface area contributed by atoms with Gasteiger partial charge < -0.3 is 38.9 Å². The number of esters is 1. The minimum Gasteiger partial charge on any atom is -1.00 e. The third kappa shape index (κ3) is 24.7. The van der Waals surface area contributed by atoms with Gasteiger partial charge in [-0.2, -0.15) is 17.6 Å². The number of ether oxygens (including phenoxy) is 1. The van der Waals surface area contributed by atoms with E-state index in [1.807, 2.05) is 0 Å². The first-order valence-electron chi connectivity index (χ1n) is 32.3. The summed E-state index contributed by atoms with van der Waals surface area (Å²) in [5.74, 6) is -8.51. The molecule has 12 rings (SSSR count). The average Bonchev–Trinajstić information content (AvgIpc) is 1.36. The maximum absolute atomic E-state index is 13.1. The molecule has 0 aliphatic heterocycles. The molecule has 492 valence electrons. The van der Waals surface area contributed by atoms with Crippen LogP contribution in [0.4, 0.5) is 22.4 Å². The Balaban J connectivity index is 0.000000179. The SMILES string of the molecule is CC(F)(F)C(=O)O.CC(F)(F)C(=O)OC(C1CCCCC1)C1CCCCC1.O=C(n1ccnc1)n1ccnc1.OC(C1CCCCC1)C1CCCCC1.[I-].c1ccc([S+](c2ccccc2)c2ccccc2)cc1.c1ccc([S+](c2ccccc2)c2ccccc2)cc1. The number of aliphatic carboxylic acids is 1. The number of carbonyl (C=O) groups is 3. The van der Waals surface area contributed by atoms with E-state index in [1.54, 1.807) is 24.8 Å². The first-order valence-corrected chi connectivity index (χ1v) is 34.7. The lowest BCUT2D eigenvalue weighted by molar-refractivity contribution is -0.182. The zero-order chi connectivity index (χ0) is 64.7. The molecule has 4 saturated carbocycles. The van der Waals surface area contributed by atoms with Gasteiger partial charge in [0.05, 0.1) is 27.9 Å². The first-order chi connectivity index (χ1) is 44.1. The number of hydrogen-bond donors (Lipinski definition) is 2. The minimum absolute atomic E-state index is 0. The first kappa shape index (κ1) is 74.5. The Labute approximate surface area is 564 Å². The predicted octanol–water partition coefficient (Wildman–Crippen LogP) is 16.1. The molecule has 10 nitrogen and oxygen atoms in total. The molecular weight excluding hydrogens is 1320 g/mol. The molecule has 4 fully saturated rings. The van der Waals surface area contributed by atoms with Crippen molar-refractivity contribution in [2.45, 2.75) is 196 Å². The number of alkyl halides is 4. The largest absolute Gasteiger partial charge is 1.00 e. The quantitative estimate of drug-likeness (QED) is 0.0504. The molecule has 0 atom stereocenters. The highest BCUT2D eigenvalue weighted by Gasteiger charge is 2.41. The Morgan fingerprint density at radius 2 is 0.674 bits per heavy atom. The summed E-state index contributed by atoms with van der Waals surface area (Å²) >= 11 is 0. The summed E-state index contributed by atoms with van der Waals surface area (Å²) in [6, 6.07) is 64.1. The summed E-state index contributed by atoms with van der Waals surface area (Å²) in [5, 5.41) is 17.8. The van der Waals surface area contributed by atoms with Crippen molar-refractivity contribution in [2.75, 3.05) is 0 Å². The van der Waals surface area contributed by atoms with Crippen molar-refractivity contribution >= 4 is 39.8 Å². The molecule has 17 heteroatoms. The number of imidazole rings is 2. The number of halogens is 5. The fraction of sp³-hybridized carbons (Fsp3) is 0.400. The van der Waals surface area contributed by atoms with Gasteiger partial charge in [-0.3, -0.25) is 9.13 Å². The Hall–Kier alpha value is -6.54. The van der Waals surface area contributed by atoms with Crippen LogP contribution in [0.15, 0.2) is 249 Å². The predicted molar refractivity (Wildman–Crippen MR) is 355 cm³/mol. The van der Waals surface area contributed by atoms with Gasteiger partial charge in [0, 0.05) is 38.6 Å². The number of benzene rings is 6. The lowest BCUT2D eigenvalue weighted by Crippen LogP contribution is -3.00. The van der Waals surface area contributed by atoms with Crippen LogP contribution in [0, 0.1) is 23.7 Å². The second-order valence-corrected chi connectivity index (χ2v) is 27.8. The average molecular weight is 1410 g/mol. The van der Waals surface area contributed by atoms with Crippen LogP contribution in [-0.4, -0.2) is 71.3 Å². The van der Waals surface area contributed by atoms with Crippen LogP contribution < -0.4 is 24.0 Å². The smallest absolute Gasteiger partial charge is 0.376 e. The van der Waals surface area contributed by atoms with Crippen molar-refractivity contribution in [3.8, 4) is 0 Å². The molecule has 0 radical (unpaired) electrons. The number of carboxylic acids is 1. The lowest BCUT2D eigenvalue weighted by Gasteiger charge is -2.37. The van der Waals surface area contributed by atoms with Gasteiger partial charge in [-0.05, 0) is 148 Å². The third-order valence-electron chi connectivity index (χ3n) is 16.8. The van der Waals surface area contributed by atoms with Gasteiger partial charge in [0.15, 0.2) is 29.4 Å². The van der Waals surface area contributed by atoms with Crippen LogP contribution >= 0.6 is 0 Å². The maximum atomic E-state index is 13.1. The third-order valence-corrected chi connectivity index (χ3v) is 21.3. The van der Waals surface area contributed by atoms with Crippen LogP contribution in [0.1, 0.15) is 142 Å². The number of carboxylic acid groups (broad SMARTS) is 1. The number of aliphatic hydroxyl groups excluding tert-OH is 1. The highest BCUT2D eigenvalue weighted by atomic mass is 127. The van der Waals surface area contributed by atoms with Crippen LogP contribution in [0.3, 0.4) is 0 Å². The molecule has 0 spiro atoms. The van der Waals surface area contributed by atoms with Gasteiger partial charge in [0.2, 0.25) is 0 Å². The van der Waals surface area contributed by atoms with Gasteiger partial charge >= 0.3 is 29.8 Å². The van der Waals surface area contributed by atoms with E-state index in [9.17, 15) is 37.1 Å². The molecule has 6 aromatic carbocycles. The number of carbonyl (C=O) groups excluding carboxylic acids is 2. The Morgan fingerprint density at radius 1 is 0.435 bits per heavy atom. The summed E-state index contributed by atoms with van der Waals surface area (Å²) in [6.07, 6.45) is 33.3. The summed E-state index contributed by atoms with van der Waals surface area (Å²) in [7, 11) is -0.0293. The molecule has 0 unspecified atom stereocenters. The maximum Gasteiger partial charge on any atom is 0.376 e. The number of aliphatic hydroxyl groups is 1. The van der Waals surface area contributed by atoms with E-state index in [0.29, 0.717) is 25.7 Å². The standard InChI is InChI=1S/2C18H15S.C16H26F2O2.C13H24O.C7H6N4O.C3H4F2O2.HI/c2*1-4-10-16(11-5-1)19(17-12-6-2-7-13-17)18-14-8-3-9-15-18;1-16(17,18)15(19)20-14(12-8-4-2-5-9-12)13-10-6-3-7-11-13;14-13(11-7-3-1-4-8-11)12-9-5-2-6-10-12;12-7(10-3-1-8-5-10)11-4-2-9-6-11;1-3(4,5)2(6)7;/h2*1-15H;12-14H,2-11H2,1H3;11-14H,1-10H2;1-6H;1H3,(H,6,7);1H/q2*+1;;;;;/p-1. The zero-order valence-electron chi connectivity index (χ0n) is 52.9. The number of hydrogen-bond acceptors (Lipinski definition) is 7. The Morgan fingerprint density at radius 3 is 0.880 bits per heavy atom. The fourth-order valence-electron chi connectivity index (χ4n) is 12.1. The van der Waals surface area contributed by atoms with Crippen LogP contribution in [0.2, 0.25) is 0 Å². The van der Waals surface area contributed by atoms with Crippen LogP contribution in [0.5, 0.6) is 0 Å². The molecule has 8 aromatic rings. The molecule has 0 saturated heterocycles. The topological polar surface area (TPSA) is 137 Å². The highest BCUT2D eigenvalue weighted by Crippen LogP contribution is 2.39. The van der Waals surface area contributed by atoms with Gasteiger partial charge in [-0.25, -0.2) is 24.4 Å². The lowest BCUT2D eigenvalue weighted by atomic mass is 9.75. The van der Waals surface area contributed by atoms with Crippen molar-refractivity contribution in [1.29, 1.82) is 0 Å². The fourth-order valence-corrected chi connectivity index (χ4v) is 16.3. The minimum atomic E-state index is -3.58. The monoisotopic (exact) mass is 1410 g/mol. The zero-order valence-corrected chi connectivity index (χ0v) is 56.7. The van der Waals surface area contributed by atoms with Crippen molar-refractivity contribution in [1.82, 2.24) is 19.1 Å². The molecule has 0 bridgehead atoms. The molecule has 4 aliphatic carbocycles. The second-order valence-electron chi connectivity index (χ2n) is 23.7. The molecule has 2 N–H and O–H groups in total. The Kier molecular flexibility index (Phi) is 32.3. The van der Waals surface area contributed by atoms with E-state index in [2.05, 4.69) is 192 Å². The second kappa shape index (κ2) is 39.9. The van der Waals surface area contributed by atoms with Crippen LogP contribution in [-0.2, 0) is 36.1 Å². The van der Waals surface area contributed by atoms with Crippen molar-refractivity contribution < 1.29 is 70.9 Å². The normalized spacial score (nSPS) is 15.6. The van der Waals surface area contributed by atoms with E-state index in [-0.39, 0.29) is 75.8 Å². The van der Waals surface area contributed by atoms with Gasteiger partial charge in [-0.15, -0.1) is 0 Å². The number of aromatic nitrogens is 4. The van der Waals surface area contributed by atoms with E-state index in [0.717, 1.165) is 51.4 Å². The van der Waals surface area contributed by atoms with Gasteiger partial charge in [0.1, 0.15) is 18.8 Å². The van der Waals surface area contributed by atoms with Gasteiger partial charge in [-0.1, -0.05) is 186 Å². The van der Waals surface area contributed by atoms with Crippen LogP contribution in [0.25, 0.3) is 0 Å². The van der Waals surface area contributed by atoms with Crippen molar-refractivity contribution in [3.05, 3.63) is 219 Å². The molecule has 0 amide bonds. The molecule has 2 aromatic heterocycles. The van der Waals surface area contributed by atoms with E-state index in [4.69, 9.17) is 9.84 Å². The summed E-state index contributed by atoms with van der Waals surface area (Å²) < 4.78 is 56.8. The number of rotatable bonds is 13. The summed E-state index contributed by atoms with van der Waals surface area (Å²) in [4.78, 5) is 48.0. The van der Waals surface area contributed by atoms with Crippen molar-refractivity contribution in [3.63, 3.8) is 0 Å². The Bertz CT molecular complexity index is 2860.